The lowest BCUT2D eigenvalue weighted by atomic mass is 10.2. The van der Waals surface area contributed by atoms with E-state index in [-0.39, 0.29) is 17.7 Å². The third-order valence-corrected chi connectivity index (χ3v) is 5.30. The van der Waals surface area contributed by atoms with Crippen LogP contribution >= 0.6 is 11.3 Å². The van der Waals surface area contributed by atoms with E-state index < -0.39 is 23.9 Å². The van der Waals surface area contributed by atoms with Crippen molar-refractivity contribution < 1.29 is 28.4 Å². The third kappa shape index (κ3) is 5.28. The number of carbonyl (C=O) groups is 3. The number of nitrogens with zero attached hydrogens (tertiary/aromatic N) is 1. The molecule has 0 spiro atoms. The Morgan fingerprint density at radius 1 is 1.19 bits per heavy atom. The zero-order valence-corrected chi connectivity index (χ0v) is 17.9. The number of aromatic nitrogens is 1. The van der Waals surface area contributed by atoms with E-state index in [2.05, 4.69) is 10.5 Å². The molecule has 3 N–H and O–H groups in total. The highest BCUT2D eigenvalue weighted by Crippen LogP contribution is 2.23. The molecule has 3 aromatic rings. The molecule has 31 heavy (non-hydrogen) atoms. The number of carbonyl (C=O) groups excluding carboxylic acids is 3. The first-order chi connectivity index (χ1) is 14.8. The normalized spacial score (nSPS) is 11.6. The Morgan fingerprint density at radius 2 is 1.90 bits per heavy atom. The van der Waals surface area contributed by atoms with Crippen molar-refractivity contribution in [1.29, 1.82) is 0 Å². The maximum Gasteiger partial charge on any atom is 0.338 e. The summed E-state index contributed by atoms with van der Waals surface area (Å²) in [6.45, 7) is 5.37. The van der Waals surface area contributed by atoms with Crippen molar-refractivity contribution in [1.82, 2.24) is 5.16 Å². The van der Waals surface area contributed by atoms with Crippen molar-refractivity contribution in [3.63, 3.8) is 0 Å². The number of nitrogens with one attached hydrogen (secondary N) is 1. The lowest BCUT2D eigenvalue weighted by molar-refractivity contribution is -0.123. The molecular weight excluding hydrogens is 422 g/mol. The van der Waals surface area contributed by atoms with Gasteiger partial charge in [-0.25, -0.2) is 4.79 Å². The minimum Gasteiger partial charge on any atom is -0.489 e. The number of rotatable bonds is 8. The van der Waals surface area contributed by atoms with Crippen molar-refractivity contribution in [3.05, 3.63) is 63.9 Å². The monoisotopic (exact) mass is 443 g/mol. The van der Waals surface area contributed by atoms with Gasteiger partial charge in [0.25, 0.3) is 11.8 Å². The van der Waals surface area contributed by atoms with E-state index in [0.717, 1.165) is 22.6 Å². The molecule has 0 aliphatic rings. The van der Waals surface area contributed by atoms with Crippen molar-refractivity contribution in [2.24, 2.45) is 5.73 Å². The molecule has 0 saturated carbocycles. The van der Waals surface area contributed by atoms with Crippen LogP contribution in [0.3, 0.4) is 0 Å². The van der Waals surface area contributed by atoms with E-state index in [0.29, 0.717) is 16.5 Å². The largest absolute Gasteiger partial charge is 0.489 e. The van der Waals surface area contributed by atoms with Gasteiger partial charge in [0.2, 0.25) is 0 Å². The SMILES string of the molecule is Cc1noc(C)c1COc1ccc(C(=O)OC(C)C(=O)Nc2sccc2C(N)=O)cc1. The summed E-state index contributed by atoms with van der Waals surface area (Å²) < 4.78 is 16.0. The lowest BCUT2D eigenvalue weighted by Gasteiger charge is -2.13. The van der Waals surface area contributed by atoms with E-state index in [9.17, 15) is 14.4 Å². The van der Waals surface area contributed by atoms with Gasteiger partial charge >= 0.3 is 5.97 Å². The van der Waals surface area contributed by atoms with Gasteiger partial charge in [-0.1, -0.05) is 5.16 Å². The summed E-state index contributed by atoms with van der Waals surface area (Å²) in [7, 11) is 0. The molecule has 9 nitrogen and oxygen atoms in total. The molecule has 0 fully saturated rings. The maximum atomic E-state index is 12.3. The quantitative estimate of drug-likeness (QED) is 0.511. The van der Waals surface area contributed by atoms with Crippen molar-refractivity contribution >= 4 is 34.1 Å². The van der Waals surface area contributed by atoms with Gasteiger partial charge in [0.1, 0.15) is 23.1 Å². The molecule has 0 radical (unpaired) electrons. The summed E-state index contributed by atoms with van der Waals surface area (Å²) in [5.41, 5.74) is 7.35. The fraction of sp³-hybridized carbons (Fsp3) is 0.238. The Hall–Kier alpha value is -3.66. The number of esters is 1. The van der Waals surface area contributed by atoms with Crippen LogP contribution in [0.25, 0.3) is 0 Å². The molecule has 162 valence electrons. The van der Waals surface area contributed by atoms with Crippen LogP contribution in [0.1, 0.15) is 44.7 Å². The highest BCUT2D eigenvalue weighted by Gasteiger charge is 2.21. The Kier molecular flexibility index (Phi) is 6.71. The van der Waals surface area contributed by atoms with E-state index >= 15 is 0 Å². The molecule has 0 saturated heterocycles. The Bertz CT molecular complexity index is 1080. The minimum absolute atomic E-state index is 0.198. The molecule has 3 rings (SSSR count). The highest BCUT2D eigenvalue weighted by atomic mass is 32.1. The average molecular weight is 443 g/mol. The van der Waals surface area contributed by atoms with Crippen LogP contribution in [0.4, 0.5) is 5.00 Å². The molecule has 0 bridgehead atoms. The van der Waals surface area contributed by atoms with Crippen LogP contribution in [0, 0.1) is 13.8 Å². The number of benzene rings is 1. The van der Waals surface area contributed by atoms with Crippen LogP contribution in [-0.2, 0) is 16.1 Å². The second-order valence-corrected chi connectivity index (χ2v) is 7.60. The van der Waals surface area contributed by atoms with Crippen molar-refractivity contribution in [3.8, 4) is 5.75 Å². The Balaban J connectivity index is 1.55. The molecule has 0 aliphatic carbocycles. The molecule has 1 atom stereocenters. The molecule has 2 heterocycles. The first-order valence-electron chi connectivity index (χ1n) is 9.30. The first-order valence-corrected chi connectivity index (χ1v) is 10.2. The Morgan fingerprint density at radius 3 is 2.52 bits per heavy atom. The number of hydrogen-bond acceptors (Lipinski definition) is 8. The summed E-state index contributed by atoms with van der Waals surface area (Å²) in [6.07, 6.45) is -1.08. The van der Waals surface area contributed by atoms with E-state index in [1.54, 1.807) is 29.6 Å². The molecule has 0 aliphatic heterocycles. The number of aryl methyl sites for hydroxylation is 2. The van der Waals surface area contributed by atoms with Gasteiger partial charge in [-0.15, -0.1) is 11.3 Å². The minimum atomic E-state index is -1.08. The third-order valence-electron chi connectivity index (χ3n) is 4.47. The van der Waals surface area contributed by atoms with Crippen LogP contribution in [-0.4, -0.2) is 29.0 Å². The van der Waals surface area contributed by atoms with E-state index in [4.69, 9.17) is 19.7 Å². The first kappa shape index (κ1) is 22.0. The molecule has 10 heteroatoms. The standard InChI is InChI=1S/C21H21N3O6S/c1-11-17(12(2)30-24-11)10-28-15-6-4-14(5-7-15)21(27)29-13(3)19(26)23-20-16(18(22)25)8-9-31-20/h4-9,13H,10H2,1-3H3,(H2,22,25)(H,23,26). The Labute approximate surface area is 182 Å². The topological polar surface area (TPSA) is 134 Å². The lowest BCUT2D eigenvalue weighted by Crippen LogP contribution is -2.30. The van der Waals surface area contributed by atoms with Gasteiger partial charge in [-0.2, -0.15) is 0 Å². The van der Waals surface area contributed by atoms with Gasteiger partial charge in [-0.05, 0) is 56.5 Å². The smallest absolute Gasteiger partial charge is 0.338 e. The van der Waals surface area contributed by atoms with Gasteiger partial charge in [0.15, 0.2) is 6.10 Å². The second kappa shape index (κ2) is 9.43. The summed E-state index contributed by atoms with van der Waals surface area (Å²) in [5.74, 6) is -0.647. The molecular formula is C21H21N3O6S. The summed E-state index contributed by atoms with van der Waals surface area (Å²) in [6, 6.07) is 7.85. The fourth-order valence-corrected chi connectivity index (χ4v) is 3.44. The van der Waals surface area contributed by atoms with Crippen LogP contribution < -0.4 is 15.8 Å². The van der Waals surface area contributed by atoms with Gasteiger partial charge in [0.05, 0.1) is 22.4 Å². The molecule has 1 aromatic carbocycles. The van der Waals surface area contributed by atoms with Gasteiger partial charge in [0, 0.05) is 0 Å². The predicted molar refractivity (Wildman–Crippen MR) is 113 cm³/mol. The zero-order valence-electron chi connectivity index (χ0n) is 17.1. The van der Waals surface area contributed by atoms with Crippen molar-refractivity contribution in [2.75, 3.05) is 5.32 Å². The number of anilines is 1. The van der Waals surface area contributed by atoms with Crippen LogP contribution in [0.15, 0.2) is 40.2 Å². The molecule has 2 amide bonds. The predicted octanol–water partition coefficient (Wildman–Crippen LogP) is 3.21. The number of primary amides is 1. The number of ether oxygens (including phenoxy) is 2. The number of hydrogen-bond donors (Lipinski definition) is 2. The van der Waals surface area contributed by atoms with Gasteiger partial charge < -0.3 is 25.0 Å². The van der Waals surface area contributed by atoms with Crippen LogP contribution in [0.2, 0.25) is 0 Å². The highest BCUT2D eigenvalue weighted by molar-refractivity contribution is 7.14. The maximum absolute atomic E-state index is 12.3. The number of thiophene rings is 1. The van der Waals surface area contributed by atoms with Crippen LogP contribution in [0.5, 0.6) is 5.75 Å². The molecule has 1 unspecified atom stereocenters. The van der Waals surface area contributed by atoms with E-state index in [1.807, 2.05) is 13.8 Å². The summed E-state index contributed by atoms with van der Waals surface area (Å²) >= 11 is 1.15. The number of nitrogens with two attached hydrogens (primary N) is 1. The fourth-order valence-electron chi connectivity index (χ4n) is 2.65. The second-order valence-electron chi connectivity index (χ2n) is 6.68. The average Bonchev–Trinajstić information content (AvgIpc) is 3.33. The van der Waals surface area contributed by atoms with E-state index in [1.165, 1.54) is 13.0 Å². The summed E-state index contributed by atoms with van der Waals surface area (Å²) in [5, 5.41) is 8.35. The molecule has 2 aromatic heterocycles. The van der Waals surface area contributed by atoms with Gasteiger partial charge in [-0.3, -0.25) is 9.59 Å². The van der Waals surface area contributed by atoms with Crippen molar-refractivity contribution in [2.45, 2.75) is 33.5 Å². The summed E-state index contributed by atoms with van der Waals surface area (Å²) in [4.78, 5) is 36.0. The number of amides is 2. The zero-order chi connectivity index (χ0) is 22.5.